The van der Waals surface area contributed by atoms with E-state index in [1.807, 2.05) is 0 Å². The van der Waals surface area contributed by atoms with Crippen LogP contribution in [0.25, 0.3) is 0 Å². The lowest BCUT2D eigenvalue weighted by atomic mass is 10.3. The number of carboxylic acid groups (broad SMARTS) is 1. The summed E-state index contributed by atoms with van der Waals surface area (Å²) in [7, 11) is 1.47. The molecule has 13 heavy (non-hydrogen) atoms. The fourth-order valence-corrected chi connectivity index (χ4v) is 0.858. The van der Waals surface area contributed by atoms with E-state index in [9.17, 15) is 9.90 Å². The van der Waals surface area contributed by atoms with Gasteiger partial charge in [0.1, 0.15) is 11.8 Å². The molecule has 1 aromatic rings. The first-order chi connectivity index (χ1) is 5.74. The highest BCUT2D eigenvalue weighted by atomic mass is 16.5. The van der Waals surface area contributed by atoms with Gasteiger partial charge in [0.25, 0.3) is 0 Å². The summed E-state index contributed by atoms with van der Waals surface area (Å²) in [6.07, 6.45) is -1.35. The van der Waals surface area contributed by atoms with E-state index in [4.69, 9.17) is 4.74 Å². The molecule has 5 heteroatoms. The molecule has 0 fully saturated rings. The highest BCUT2D eigenvalue weighted by Gasteiger charge is 1.98. The van der Waals surface area contributed by atoms with Gasteiger partial charge in [-0.15, -0.1) is 0 Å². The molecule has 0 radical (unpaired) electrons. The van der Waals surface area contributed by atoms with Crippen molar-refractivity contribution in [2.45, 2.75) is 0 Å². The van der Waals surface area contributed by atoms with Crippen LogP contribution < -0.4 is 21.3 Å². The molecule has 0 atom stereocenters. The molecule has 1 aromatic carbocycles. The van der Waals surface area contributed by atoms with E-state index in [-0.39, 0.29) is 6.15 Å². The van der Waals surface area contributed by atoms with Gasteiger partial charge < -0.3 is 26.1 Å². The molecule has 0 aliphatic carbocycles. The van der Waals surface area contributed by atoms with Gasteiger partial charge in [0, 0.05) is 0 Å². The maximum absolute atomic E-state index is 10.2. The Balaban J connectivity index is 0.00000144. The summed E-state index contributed by atoms with van der Waals surface area (Å²) >= 11 is 0. The minimum absolute atomic E-state index is 0. The number of rotatable bonds is 2. The lowest BCUT2D eigenvalue weighted by molar-refractivity contribution is -0.242. The normalized spacial score (nSPS) is 8.38. The molecule has 0 spiro atoms. The van der Waals surface area contributed by atoms with Gasteiger partial charge in [-0.2, -0.15) is 0 Å². The molecule has 72 valence electrons. The average Bonchev–Trinajstić information content (AvgIpc) is 2.04. The van der Waals surface area contributed by atoms with Crippen molar-refractivity contribution in [3.8, 4) is 5.75 Å². The van der Waals surface area contributed by atoms with Crippen LogP contribution >= 0.6 is 0 Å². The average molecular weight is 184 g/mol. The van der Waals surface area contributed by atoms with E-state index in [2.05, 4.69) is 5.32 Å². The van der Waals surface area contributed by atoms with E-state index < -0.39 is 6.09 Å². The van der Waals surface area contributed by atoms with Crippen LogP contribution in [0.2, 0.25) is 0 Å². The van der Waals surface area contributed by atoms with Gasteiger partial charge in [0.15, 0.2) is 0 Å². The first-order valence-corrected chi connectivity index (χ1v) is 3.35. The number of nitrogens with one attached hydrogen (secondary N) is 1. The Labute approximate surface area is 75.9 Å². The smallest absolute Gasteiger partial charge is 0.142 e. The first-order valence-electron chi connectivity index (χ1n) is 3.35. The van der Waals surface area contributed by atoms with E-state index in [1.54, 1.807) is 24.3 Å². The predicted molar refractivity (Wildman–Crippen MR) is 48.0 cm³/mol. The second-order valence-corrected chi connectivity index (χ2v) is 2.11. The molecule has 0 aromatic heterocycles. The summed E-state index contributed by atoms with van der Waals surface area (Å²) in [5, 5.41) is 12.3. The number of anilines is 1. The lowest BCUT2D eigenvalue weighted by Gasteiger charge is -2.10. The molecule has 0 unspecified atom stereocenters. The largest absolute Gasteiger partial charge is 0.530 e. The van der Waals surface area contributed by atoms with Crippen molar-refractivity contribution in [1.29, 1.82) is 0 Å². The molecule has 0 heterocycles. The third-order valence-corrected chi connectivity index (χ3v) is 1.34. The van der Waals surface area contributed by atoms with Crippen LogP contribution in [0.3, 0.4) is 0 Å². The van der Waals surface area contributed by atoms with Crippen LogP contribution in [0.5, 0.6) is 5.75 Å². The second kappa shape index (κ2) is 5.00. The summed E-state index contributed by atoms with van der Waals surface area (Å²) in [4.78, 5) is 10.2. The van der Waals surface area contributed by atoms with Crippen molar-refractivity contribution >= 4 is 11.8 Å². The standard InChI is InChI=1S/C8H9NO3.H3N/c1-12-7-5-3-2-4-6(7)9-8(10)11;/h2-5,9H,1H3,(H,10,11);1H3. The number of amides is 1. The zero-order valence-corrected chi connectivity index (χ0v) is 7.53. The summed E-state index contributed by atoms with van der Waals surface area (Å²) in [6, 6.07) is 6.70. The molecule has 1 amide bonds. The topological polar surface area (TPSA) is 97.9 Å². The number of carbonyl (C=O) groups excluding carboxylic acids is 1. The van der Waals surface area contributed by atoms with Gasteiger partial charge in [-0.25, -0.2) is 0 Å². The minimum atomic E-state index is -1.35. The molecule has 0 bridgehead atoms. The molecule has 0 aliphatic heterocycles. The summed E-state index contributed by atoms with van der Waals surface area (Å²) < 4.78 is 4.89. The van der Waals surface area contributed by atoms with Crippen molar-refractivity contribution in [1.82, 2.24) is 6.15 Å². The van der Waals surface area contributed by atoms with Gasteiger partial charge in [-0.3, -0.25) is 0 Å². The number of benzene rings is 1. The lowest BCUT2D eigenvalue weighted by Crippen LogP contribution is -2.28. The molecule has 1 rings (SSSR count). The number of quaternary nitrogens is 1. The summed E-state index contributed by atoms with van der Waals surface area (Å²) in [5.74, 6) is 0.474. The van der Waals surface area contributed by atoms with Crippen LogP contribution in [0.4, 0.5) is 10.5 Å². The van der Waals surface area contributed by atoms with Crippen LogP contribution in [0, 0.1) is 0 Å². The minimum Gasteiger partial charge on any atom is -0.530 e. The number of para-hydroxylation sites is 2. The molecular formula is C8H12N2O3. The number of carbonyl (C=O) groups is 1. The number of hydrogen-bond acceptors (Lipinski definition) is 3. The molecule has 5 nitrogen and oxygen atoms in total. The third-order valence-electron chi connectivity index (χ3n) is 1.34. The zero-order valence-electron chi connectivity index (χ0n) is 7.53. The van der Waals surface area contributed by atoms with Crippen molar-refractivity contribution in [2.75, 3.05) is 12.4 Å². The third kappa shape index (κ3) is 3.00. The number of ether oxygens (including phenoxy) is 1. The van der Waals surface area contributed by atoms with Crippen LogP contribution in [-0.4, -0.2) is 13.2 Å². The van der Waals surface area contributed by atoms with Gasteiger partial charge in [-0.05, 0) is 12.1 Å². The number of hydrogen-bond donors (Lipinski definition) is 2. The molecule has 0 saturated heterocycles. The van der Waals surface area contributed by atoms with Crippen LogP contribution in [0.1, 0.15) is 0 Å². The Bertz CT molecular complexity index is 288. The van der Waals surface area contributed by atoms with E-state index in [0.717, 1.165) is 0 Å². The van der Waals surface area contributed by atoms with Crippen molar-refractivity contribution < 1.29 is 14.6 Å². The fraction of sp³-hybridized carbons (Fsp3) is 0.125. The molecule has 0 aliphatic rings. The van der Waals surface area contributed by atoms with Crippen LogP contribution in [0.15, 0.2) is 24.3 Å². The van der Waals surface area contributed by atoms with Crippen LogP contribution in [-0.2, 0) is 0 Å². The summed E-state index contributed by atoms with van der Waals surface area (Å²) in [5.41, 5.74) is 0.389. The predicted octanol–water partition coefficient (Wildman–Crippen LogP) is 0.827. The second-order valence-electron chi connectivity index (χ2n) is 2.11. The van der Waals surface area contributed by atoms with E-state index in [1.165, 1.54) is 7.11 Å². The SMILES string of the molecule is COc1ccccc1NC(=O)[O-].[NH4+]. The Morgan fingerprint density at radius 1 is 1.46 bits per heavy atom. The fourth-order valence-electron chi connectivity index (χ4n) is 0.858. The monoisotopic (exact) mass is 184 g/mol. The quantitative estimate of drug-likeness (QED) is 0.712. The maximum Gasteiger partial charge on any atom is 0.142 e. The Kier molecular flexibility index (Phi) is 4.32. The summed E-state index contributed by atoms with van der Waals surface area (Å²) in [6.45, 7) is 0. The Morgan fingerprint density at radius 3 is 2.62 bits per heavy atom. The van der Waals surface area contributed by atoms with Gasteiger partial charge >= 0.3 is 0 Å². The van der Waals surface area contributed by atoms with Gasteiger partial charge in [0.2, 0.25) is 0 Å². The maximum atomic E-state index is 10.2. The first kappa shape index (κ1) is 11.2. The van der Waals surface area contributed by atoms with Gasteiger partial charge in [-0.1, -0.05) is 12.1 Å². The van der Waals surface area contributed by atoms with Crippen molar-refractivity contribution in [2.24, 2.45) is 0 Å². The highest BCUT2D eigenvalue weighted by molar-refractivity contribution is 5.83. The Morgan fingerprint density at radius 2 is 2.08 bits per heavy atom. The molecule has 0 saturated carbocycles. The van der Waals surface area contributed by atoms with Gasteiger partial charge in [0.05, 0.1) is 12.8 Å². The van der Waals surface area contributed by atoms with E-state index in [0.29, 0.717) is 11.4 Å². The zero-order chi connectivity index (χ0) is 8.97. The highest BCUT2D eigenvalue weighted by Crippen LogP contribution is 2.22. The number of methoxy groups -OCH3 is 1. The van der Waals surface area contributed by atoms with E-state index >= 15 is 0 Å². The Hall–Kier alpha value is -1.75. The molecule has 5 N–H and O–H groups in total. The molecular weight excluding hydrogens is 172 g/mol. The van der Waals surface area contributed by atoms with Crippen molar-refractivity contribution in [3.05, 3.63) is 24.3 Å². The van der Waals surface area contributed by atoms with Crippen molar-refractivity contribution in [3.63, 3.8) is 0 Å².